The van der Waals surface area contributed by atoms with Crippen LogP contribution in [0.4, 0.5) is 5.69 Å². The van der Waals surface area contributed by atoms with Gasteiger partial charge >= 0.3 is 5.97 Å². The summed E-state index contributed by atoms with van der Waals surface area (Å²) in [6.07, 6.45) is 4.35. The van der Waals surface area contributed by atoms with E-state index in [2.05, 4.69) is 10.3 Å². The van der Waals surface area contributed by atoms with Crippen LogP contribution in [0.15, 0.2) is 54.7 Å². The van der Waals surface area contributed by atoms with Crippen molar-refractivity contribution in [2.24, 2.45) is 0 Å². The van der Waals surface area contributed by atoms with Crippen molar-refractivity contribution in [3.63, 3.8) is 0 Å². The number of carbonyl (C=O) groups excluding carboxylic acids is 2. The fourth-order valence-electron chi connectivity index (χ4n) is 3.83. The average molecular weight is 405 g/mol. The molecule has 1 aromatic heterocycles. The number of carbonyl (C=O) groups is 3. The van der Waals surface area contributed by atoms with E-state index in [4.69, 9.17) is 0 Å². The number of carboxylic acids is 1. The summed E-state index contributed by atoms with van der Waals surface area (Å²) < 4.78 is 0. The van der Waals surface area contributed by atoms with E-state index in [1.807, 2.05) is 24.3 Å². The number of para-hydroxylation sites is 1. The number of aliphatic carboxylic acids is 1. The molecule has 0 saturated carbocycles. The number of aromatic amines is 1. The molecule has 0 unspecified atom stereocenters. The Morgan fingerprint density at radius 3 is 2.60 bits per heavy atom. The molecule has 154 valence electrons. The standard InChI is InChI=1S/C23H23N3O4/c27-21-7-3-4-12-26(21)17-10-8-15(9-11-17)22(28)25-20(23(29)30)13-16-14-24-19-6-2-1-5-18(16)19/h1-2,5-6,8-11,14,20,24H,3-4,7,12-13H2,(H,25,28)(H,29,30)/t20-/m0/s1. The van der Waals surface area contributed by atoms with Crippen LogP contribution in [0.25, 0.3) is 10.9 Å². The summed E-state index contributed by atoms with van der Waals surface area (Å²) in [5.41, 5.74) is 2.86. The van der Waals surface area contributed by atoms with Crippen molar-refractivity contribution in [3.8, 4) is 0 Å². The lowest BCUT2D eigenvalue weighted by Crippen LogP contribution is -2.42. The first-order valence-corrected chi connectivity index (χ1v) is 10.0. The number of hydrogen-bond acceptors (Lipinski definition) is 3. The van der Waals surface area contributed by atoms with Crippen LogP contribution in [-0.4, -0.2) is 40.5 Å². The average Bonchev–Trinajstić information content (AvgIpc) is 3.16. The Hall–Kier alpha value is -3.61. The molecule has 2 aromatic carbocycles. The van der Waals surface area contributed by atoms with Gasteiger partial charge in [-0.2, -0.15) is 0 Å². The van der Waals surface area contributed by atoms with Crippen LogP contribution in [0.3, 0.4) is 0 Å². The van der Waals surface area contributed by atoms with E-state index in [-0.39, 0.29) is 12.3 Å². The van der Waals surface area contributed by atoms with Crippen molar-refractivity contribution in [1.82, 2.24) is 10.3 Å². The van der Waals surface area contributed by atoms with Crippen molar-refractivity contribution in [1.29, 1.82) is 0 Å². The summed E-state index contributed by atoms with van der Waals surface area (Å²) in [6, 6.07) is 13.3. The Balaban J connectivity index is 1.46. The van der Waals surface area contributed by atoms with E-state index in [0.29, 0.717) is 18.5 Å². The van der Waals surface area contributed by atoms with E-state index in [1.54, 1.807) is 35.4 Å². The number of carboxylic acid groups (broad SMARTS) is 1. The minimum absolute atomic E-state index is 0.0862. The Labute approximate surface area is 173 Å². The first-order chi connectivity index (χ1) is 14.5. The molecule has 2 amide bonds. The number of piperidine rings is 1. The van der Waals surface area contributed by atoms with Crippen molar-refractivity contribution in [2.45, 2.75) is 31.7 Å². The topological polar surface area (TPSA) is 102 Å². The van der Waals surface area contributed by atoms with Gasteiger partial charge < -0.3 is 20.3 Å². The van der Waals surface area contributed by atoms with Gasteiger partial charge in [0.25, 0.3) is 5.91 Å². The molecule has 30 heavy (non-hydrogen) atoms. The summed E-state index contributed by atoms with van der Waals surface area (Å²) in [5.74, 6) is -1.47. The minimum atomic E-state index is -1.09. The molecule has 1 saturated heterocycles. The van der Waals surface area contributed by atoms with Crippen LogP contribution < -0.4 is 10.2 Å². The predicted molar refractivity (Wildman–Crippen MR) is 114 cm³/mol. The highest BCUT2D eigenvalue weighted by atomic mass is 16.4. The molecule has 1 fully saturated rings. The second-order valence-corrected chi connectivity index (χ2v) is 7.48. The molecular weight excluding hydrogens is 382 g/mol. The number of anilines is 1. The monoisotopic (exact) mass is 405 g/mol. The lowest BCUT2D eigenvalue weighted by molar-refractivity contribution is -0.139. The predicted octanol–water partition coefficient (Wildman–Crippen LogP) is 3.11. The highest BCUT2D eigenvalue weighted by Crippen LogP contribution is 2.22. The number of aromatic nitrogens is 1. The Morgan fingerprint density at radius 1 is 1.10 bits per heavy atom. The molecule has 4 rings (SSSR count). The van der Waals surface area contributed by atoms with Crippen LogP contribution in [0, 0.1) is 0 Å². The fraction of sp³-hybridized carbons (Fsp3) is 0.261. The highest BCUT2D eigenvalue weighted by molar-refractivity contribution is 5.98. The summed E-state index contributed by atoms with van der Waals surface area (Å²) in [6.45, 7) is 0.677. The van der Waals surface area contributed by atoms with Crippen molar-refractivity contribution < 1.29 is 19.5 Å². The Bertz CT molecular complexity index is 1090. The maximum Gasteiger partial charge on any atom is 0.326 e. The number of amides is 2. The van der Waals surface area contributed by atoms with Crippen molar-refractivity contribution in [2.75, 3.05) is 11.4 Å². The van der Waals surface area contributed by atoms with Gasteiger partial charge in [0.2, 0.25) is 5.91 Å². The molecule has 1 aliphatic heterocycles. The van der Waals surface area contributed by atoms with Crippen LogP contribution >= 0.6 is 0 Å². The van der Waals surface area contributed by atoms with Gasteiger partial charge in [0.15, 0.2) is 0 Å². The van der Waals surface area contributed by atoms with Gasteiger partial charge in [-0.3, -0.25) is 9.59 Å². The molecule has 0 aliphatic carbocycles. The van der Waals surface area contributed by atoms with E-state index in [9.17, 15) is 19.5 Å². The van der Waals surface area contributed by atoms with Gasteiger partial charge in [-0.05, 0) is 48.7 Å². The number of fused-ring (bicyclic) bond motifs is 1. The van der Waals surface area contributed by atoms with Gasteiger partial charge in [-0.25, -0.2) is 4.79 Å². The van der Waals surface area contributed by atoms with E-state index < -0.39 is 17.9 Å². The molecule has 3 aromatic rings. The lowest BCUT2D eigenvalue weighted by Gasteiger charge is -2.26. The largest absolute Gasteiger partial charge is 0.480 e. The molecule has 7 heteroatoms. The second kappa shape index (κ2) is 8.41. The fourth-order valence-corrected chi connectivity index (χ4v) is 3.83. The summed E-state index contributed by atoms with van der Waals surface area (Å²) in [4.78, 5) is 41.3. The molecule has 1 atom stereocenters. The third-order valence-electron chi connectivity index (χ3n) is 5.47. The molecular formula is C23H23N3O4. The van der Waals surface area contributed by atoms with E-state index in [0.717, 1.165) is 35.0 Å². The third-order valence-corrected chi connectivity index (χ3v) is 5.47. The number of nitrogens with one attached hydrogen (secondary N) is 2. The van der Waals surface area contributed by atoms with Crippen LogP contribution in [0.2, 0.25) is 0 Å². The van der Waals surface area contributed by atoms with Crippen molar-refractivity contribution >= 4 is 34.4 Å². The van der Waals surface area contributed by atoms with Crippen LogP contribution in [0.5, 0.6) is 0 Å². The number of nitrogens with zero attached hydrogens (tertiary/aromatic N) is 1. The number of benzene rings is 2. The minimum Gasteiger partial charge on any atom is -0.480 e. The number of hydrogen-bond donors (Lipinski definition) is 3. The molecule has 7 nitrogen and oxygen atoms in total. The van der Waals surface area contributed by atoms with Crippen LogP contribution in [0.1, 0.15) is 35.2 Å². The summed E-state index contributed by atoms with van der Waals surface area (Å²) in [5, 5.41) is 13.2. The smallest absolute Gasteiger partial charge is 0.326 e. The lowest BCUT2D eigenvalue weighted by atomic mass is 10.0. The first kappa shape index (κ1) is 19.7. The maximum absolute atomic E-state index is 12.6. The zero-order valence-electron chi connectivity index (χ0n) is 16.4. The Kier molecular flexibility index (Phi) is 5.52. The molecule has 2 heterocycles. The Morgan fingerprint density at radius 2 is 1.87 bits per heavy atom. The van der Waals surface area contributed by atoms with Crippen LogP contribution in [-0.2, 0) is 16.0 Å². The quantitative estimate of drug-likeness (QED) is 0.586. The molecule has 0 radical (unpaired) electrons. The van der Waals surface area contributed by atoms with Gasteiger partial charge in [0.1, 0.15) is 6.04 Å². The molecule has 3 N–H and O–H groups in total. The number of H-pyrrole nitrogens is 1. The molecule has 1 aliphatic rings. The third kappa shape index (κ3) is 4.05. The summed E-state index contributed by atoms with van der Waals surface area (Å²) in [7, 11) is 0. The van der Waals surface area contributed by atoms with Crippen molar-refractivity contribution in [3.05, 3.63) is 65.9 Å². The first-order valence-electron chi connectivity index (χ1n) is 10.0. The summed E-state index contributed by atoms with van der Waals surface area (Å²) >= 11 is 0. The van der Waals surface area contributed by atoms with E-state index in [1.165, 1.54) is 0 Å². The maximum atomic E-state index is 12.6. The van der Waals surface area contributed by atoms with Gasteiger partial charge in [0, 0.05) is 47.7 Å². The zero-order chi connectivity index (χ0) is 21.1. The van der Waals surface area contributed by atoms with E-state index >= 15 is 0 Å². The zero-order valence-corrected chi connectivity index (χ0v) is 16.4. The van der Waals surface area contributed by atoms with Gasteiger partial charge in [-0.1, -0.05) is 18.2 Å². The normalized spacial score (nSPS) is 15.2. The second-order valence-electron chi connectivity index (χ2n) is 7.48. The molecule has 0 spiro atoms. The highest BCUT2D eigenvalue weighted by Gasteiger charge is 2.23. The van der Waals surface area contributed by atoms with Gasteiger partial charge in [0.05, 0.1) is 0 Å². The SMILES string of the molecule is O=C(N[C@@H](Cc1c[nH]c2ccccc12)C(=O)O)c1ccc(N2CCCCC2=O)cc1. The van der Waals surface area contributed by atoms with Gasteiger partial charge in [-0.15, -0.1) is 0 Å². The molecule has 0 bridgehead atoms. The number of rotatable bonds is 6.